The average molecular weight is 267 g/mol. The van der Waals surface area contributed by atoms with Crippen LogP contribution in [0.2, 0.25) is 0 Å². The van der Waals surface area contributed by atoms with Crippen molar-refractivity contribution in [1.82, 2.24) is 5.32 Å². The Morgan fingerprint density at radius 1 is 1.20 bits per heavy atom. The Kier molecular flexibility index (Phi) is 3.75. The minimum atomic E-state index is 0.352. The van der Waals surface area contributed by atoms with E-state index in [4.69, 9.17) is 4.74 Å². The third-order valence-electron chi connectivity index (χ3n) is 4.14. The lowest BCUT2D eigenvalue weighted by Crippen LogP contribution is -2.31. The van der Waals surface area contributed by atoms with E-state index in [0.717, 1.165) is 12.2 Å². The van der Waals surface area contributed by atoms with Crippen LogP contribution in [-0.2, 0) is 6.42 Å². The number of fused-ring (bicyclic) bond motifs is 1. The topological polar surface area (TPSA) is 21.3 Å². The van der Waals surface area contributed by atoms with E-state index >= 15 is 0 Å². The molecule has 2 nitrogen and oxygen atoms in total. The van der Waals surface area contributed by atoms with Crippen LogP contribution in [0, 0.1) is 0 Å². The van der Waals surface area contributed by atoms with Crippen molar-refractivity contribution in [2.75, 3.05) is 13.7 Å². The fourth-order valence-corrected chi connectivity index (χ4v) is 3.16. The normalized spacial score (nSPS) is 18.0. The van der Waals surface area contributed by atoms with E-state index in [1.54, 1.807) is 0 Å². The second-order valence-corrected chi connectivity index (χ2v) is 5.28. The molecule has 2 aromatic carbocycles. The van der Waals surface area contributed by atoms with Crippen molar-refractivity contribution in [2.45, 2.75) is 25.3 Å². The van der Waals surface area contributed by atoms with Crippen LogP contribution in [-0.4, -0.2) is 13.7 Å². The van der Waals surface area contributed by atoms with E-state index in [9.17, 15) is 0 Å². The van der Waals surface area contributed by atoms with Crippen molar-refractivity contribution < 1.29 is 4.74 Å². The Bertz CT molecular complexity index is 593. The first-order valence-corrected chi connectivity index (χ1v) is 7.31. The van der Waals surface area contributed by atoms with Crippen LogP contribution < -0.4 is 10.1 Å². The highest BCUT2D eigenvalue weighted by Gasteiger charge is 2.32. The van der Waals surface area contributed by atoms with Crippen molar-refractivity contribution in [3.05, 3.63) is 65.2 Å². The van der Waals surface area contributed by atoms with Crippen molar-refractivity contribution in [3.63, 3.8) is 0 Å². The SMILES string of the molecule is CCOc1cccc(C(NC)C2Cc3ccccc32)c1. The lowest BCUT2D eigenvalue weighted by Gasteiger charge is -2.36. The molecule has 0 radical (unpaired) electrons. The lowest BCUT2D eigenvalue weighted by molar-refractivity contribution is 0.338. The van der Waals surface area contributed by atoms with Crippen molar-refractivity contribution >= 4 is 0 Å². The highest BCUT2D eigenvalue weighted by atomic mass is 16.5. The number of hydrogen-bond donors (Lipinski definition) is 1. The molecule has 0 saturated heterocycles. The second-order valence-electron chi connectivity index (χ2n) is 5.28. The van der Waals surface area contributed by atoms with Gasteiger partial charge < -0.3 is 10.1 Å². The summed E-state index contributed by atoms with van der Waals surface area (Å²) in [7, 11) is 2.04. The molecule has 0 spiro atoms. The predicted molar refractivity (Wildman–Crippen MR) is 82.3 cm³/mol. The molecule has 2 atom stereocenters. The summed E-state index contributed by atoms with van der Waals surface area (Å²) in [6.45, 7) is 2.73. The van der Waals surface area contributed by atoms with E-state index < -0.39 is 0 Å². The Labute approximate surface area is 120 Å². The van der Waals surface area contributed by atoms with Gasteiger partial charge in [-0.15, -0.1) is 0 Å². The maximum Gasteiger partial charge on any atom is 0.119 e. The molecule has 0 heterocycles. The third-order valence-corrected chi connectivity index (χ3v) is 4.14. The molecule has 0 aromatic heterocycles. The van der Waals surface area contributed by atoms with Gasteiger partial charge in [0.2, 0.25) is 0 Å². The zero-order chi connectivity index (χ0) is 13.9. The van der Waals surface area contributed by atoms with Gasteiger partial charge in [-0.05, 0) is 49.2 Å². The fourth-order valence-electron chi connectivity index (χ4n) is 3.16. The highest BCUT2D eigenvalue weighted by Crippen LogP contribution is 2.43. The van der Waals surface area contributed by atoms with Crippen LogP contribution in [0.15, 0.2) is 48.5 Å². The Balaban J connectivity index is 1.86. The Morgan fingerprint density at radius 2 is 2.05 bits per heavy atom. The van der Waals surface area contributed by atoms with Gasteiger partial charge in [-0.1, -0.05) is 36.4 Å². The summed E-state index contributed by atoms with van der Waals surface area (Å²) < 4.78 is 5.61. The first-order chi connectivity index (χ1) is 9.83. The summed E-state index contributed by atoms with van der Waals surface area (Å²) in [6.07, 6.45) is 1.15. The van der Waals surface area contributed by atoms with E-state index in [1.165, 1.54) is 16.7 Å². The summed E-state index contributed by atoms with van der Waals surface area (Å²) in [4.78, 5) is 0. The molecule has 0 aliphatic heterocycles. The summed E-state index contributed by atoms with van der Waals surface area (Å²) in [5.41, 5.74) is 4.27. The standard InChI is InChI=1S/C18H21NO/c1-3-20-15-9-6-8-14(11-15)18(19-2)17-12-13-7-4-5-10-16(13)17/h4-11,17-19H,3,12H2,1-2H3. The molecule has 2 aromatic rings. The third kappa shape index (κ3) is 2.32. The molecule has 1 N–H and O–H groups in total. The zero-order valence-electron chi connectivity index (χ0n) is 12.1. The first-order valence-electron chi connectivity index (χ1n) is 7.31. The first kappa shape index (κ1) is 13.2. The number of ether oxygens (including phenoxy) is 1. The summed E-state index contributed by atoms with van der Waals surface area (Å²) in [5.74, 6) is 1.52. The minimum Gasteiger partial charge on any atom is -0.494 e. The average Bonchev–Trinajstić information content (AvgIpc) is 2.45. The van der Waals surface area contributed by atoms with Gasteiger partial charge in [0.1, 0.15) is 5.75 Å². The number of likely N-dealkylation sites (N-methyl/N-ethyl adjacent to an activating group) is 1. The van der Waals surface area contributed by atoms with Crippen LogP contribution in [0.1, 0.15) is 35.6 Å². The van der Waals surface area contributed by atoms with E-state index in [0.29, 0.717) is 18.6 Å². The lowest BCUT2D eigenvalue weighted by atomic mass is 9.72. The van der Waals surface area contributed by atoms with Crippen LogP contribution in [0.4, 0.5) is 0 Å². The summed E-state index contributed by atoms with van der Waals surface area (Å²) in [5, 5.41) is 3.47. The molecule has 0 bridgehead atoms. The van der Waals surface area contributed by atoms with Crippen LogP contribution in [0.3, 0.4) is 0 Å². The van der Waals surface area contributed by atoms with Gasteiger partial charge in [-0.2, -0.15) is 0 Å². The minimum absolute atomic E-state index is 0.352. The fraction of sp³-hybridized carbons (Fsp3) is 0.333. The Hall–Kier alpha value is -1.80. The predicted octanol–water partition coefficient (Wildman–Crippen LogP) is 3.69. The smallest absolute Gasteiger partial charge is 0.119 e. The molecule has 0 amide bonds. The molecule has 1 aliphatic carbocycles. The van der Waals surface area contributed by atoms with Crippen LogP contribution >= 0.6 is 0 Å². The Morgan fingerprint density at radius 3 is 2.80 bits per heavy atom. The maximum atomic E-state index is 5.61. The van der Waals surface area contributed by atoms with Gasteiger partial charge in [0.05, 0.1) is 6.61 Å². The van der Waals surface area contributed by atoms with Gasteiger partial charge >= 0.3 is 0 Å². The molecule has 104 valence electrons. The van der Waals surface area contributed by atoms with E-state index in [1.807, 2.05) is 20.0 Å². The second kappa shape index (κ2) is 5.68. The van der Waals surface area contributed by atoms with E-state index in [2.05, 4.69) is 47.8 Å². The van der Waals surface area contributed by atoms with E-state index in [-0.39, 0.29) is 0 Å². The number of hydrogen-bond acceptors (Lipinski definition) is 2. The van der Waals surface area contributed by atoms with Crippen LogP contribution in [0.25, 0.3) is 0 Å². The van der Waals surface area contributed by atoms with Crippen molar-refractivity contribution in [1.29, 1.82) is 0 Å². The molecule has 2 heteroatoms. The maximum absolute atomic E-state index is 5.61. The van der Waals surface area contributed by atoms with Gasteiger partial charge in [0.15, 0.2) is 0 Å². The molecule has 2 unspecified atom stereocenters. The summed E-state index contributed by atoms with van der Waals surface area (Å²) >= 11 is 0. The number of benzene rings is 2. The van der Waals surface area contributed by atoms with Gasteiger partial charge in [0, 0.05) is 12.0 Å². The molecule has 1 aliphatic rings. The monoisotopic (exact) mass is 267 g/mol. The molecule has 0 fully saturated rings. The molecule has 20 heavy (non-hydrogen) atoms. The van der Waals surface area contributed by atoms with Crippen molar-refractivity contribution in [2.24, 2.45) is 0 Å². The number of rotatable bonds is 5. The van der Waals surface area contributed by atoms with Gasteiger partial charge in [-0.25, -0.2) is 0 Å². The van der Waals surface area contributed by atoms with Crippen molar-refractivity contribution in [3.8, 4) is 5.75 Å². The quantitative estimate of drug-likeness (QED) is 0.892. The molecular weight excluding hydrogens is 246 g/mol. The van der Waals surface area contributed by atoms with Gasteiger partial charge in [0.25, 0.3) is 0 Å². The largest absolute Gasteiger partial charge is 0.494 e. The number of nitrogens with one attached hydrogen (secondary N) is 1. The zero-order valence-corrected chi connectivity index (χ0v) is 12.1. The highest BCUT2D eigenvalue weighted by molar-refractivity contribution is 5.44. The molecule has 0 saturated carbocycles. The summed E-state index contributed by atoms with van der Waals surface area (Å²) in [6, 6.07) is 17.5. The molecule has 3 rings (SSSR count). The van der Waals surface area contributed by atoms with Gasteiger partial charge in [-0.3, -0.25) is 0 Å². The molecular formula is C18H21NO. The van der Waals surface area contributed by atoms with Crippen LogP contribution in [0.5, 0.6) is 5.75 Å².